The monoisotopic (exact) mass is 538 g/mol. The summed E-state index contributed by atoms with van der Waals surface area (Å²) in [5.41, 5.74) is 1.63. The fourth-order valence-electron chi connectivity index (χ4n) is 4.08. The molecule has 0 saturated heterocycles. The Bertz CT molecular complexity index is 1150. The van der Waals surface area contributed by atoms with E-state index in [-0.39, 0.29) is 5.91 Å². The maximum absolute atomic E-state index is 12.5. The lowest BCUT2D eigenvalue weighted by atomic mass is 9.89. The molecule has 1 heterocycles. The second-order valence-corrected chi connectivity index (χ2v) is 10.3. The molecular formula is C27H30ClF3N2O2S. The Morgan fingerprint density at radius 2 is 1.81 bits per heavy atom. The van der Waals surface area contributed by atoms with Gasteiger partial charge in [0.05, 0.1) is 13.0 Å². The summed E-state index contributed by atoms with van der Waals surface area (Å²) in [7, 11) is 1.54. The summed E-state index contributed by atoms with van der Waals surface area (Å²) in [5, 5.41) is 4.91. The molecule has 1 N–H and O–H groups in total. The number of fused-ring (bicyclic) bond motifs is 1. The predicted molar refractivity (Wildman–Crippen MR) is 140 cm³/mol. The third kappa shape index (κ3) is 8.03. The van der Waals surface area contributed by atoms with Crippen molar-refractivity contribution in [2.45, 2.75) is 56.6 Å². The topological polar surface area (TPSA) is 51.2 Å². The minimum absolute atomic E-state index is 0.134. The highest BCUT2D eigenvalue weighted by Gasteiger charge is 2.39. The van der Waals surface area contributed by atoms with E-state index in [1.165, 1.54) is 4.90 Å². The summed E-state index contributed by atoms with van der Waals surface area (Å²) in [6.45, 7) is 2.61. The zero-order valence-corrected chi connectivity index (χ0v) is 21.9. The Hall–Kier alpha value is -2.45. The highest BCUT2D eigenvalue weighted by atomic mass is 35.5. The van der Waals surface area contributed by atoms with Crippen LogP contribution < -0.4 is 10.1 Å². The van der Waals surface area contributed by atoms with Gasteiger partial charge in [0.1, 0.15) is 5.15 Å². The van der Waals surface area contributed by atoms with E-state index in [2.05, 4.69) is 29.4 Å². The third-order valence-electron chi connectivity index (χ3n) is 5.98. The van der Waals surface area contributed by atoms with E-state index in [4.69, 9.17) is 16.3 Å². The minimum atomic E-state index is -3.93. The van der Waals surface area contributed by atoms with E-state index in [0.29, 0.717) is 36.0 Å². The van der Waals surface area contributed by atoms with Crippen molar-refractivity contribution in [3.05, 3.63) is 64.8 Å². The number of hydrogen-bond donors (Lipinski definition) is 1. The number of amides is 1. The van der Waals surface area contributed by atoms with Crippen LogP contribution in [0.3, 0.4) is 0 Å². The van der Waals surface area contributed by atoms with Crippen molar-refractivity contribution < 1.29 is 22.7 Å². The number of carbonyl (C=O) groups excluding carboxylic acids is 1. The number of pyridine rings is 1. The molecule has 1 amide bonds. The van der Waals surface area contributed by atoms with Gasteiger partial charge in [0.15, 0.2) is 0 Å². The number of nitrogens with one attached hydrogen (secondary N) is 1. The Morgan fingerprint density at radius 3 is 2.39 bits per heavy atom. The summed E-state index contributed by atoms with van der Waals surface area (Å²) < 4.78 is 41.1. The van der Waals surface area contributed by atoms with Gasteiger partial charge in [0.25, 0.3) is 5.91 Å². The molecule has 0 unspecified atom stereocenters. The Kier molecular flexibility index (Phi) is 10.3. The maximum atomic E-state index is 12.5. The average molecular weight is 539 g/mol. The zero-order valence-electron chi connectivity index (χ0n) is 20.3. The van der Waals surface area contributed by atoms with Crippen molar-refractivity contribution in [1.82, 2.24) is 10.3 Å². The van der Waals surface area contributed by atoms with Crippen molar-refractivity contribution in [3.63, 3.8) is 0 Å². The number of aromatic nitrogens is 1. The zero-order chi connectivity index (χ0) is 26.1. The van der Waals surface area contributed by atoms with Gasteiger partial charge >= 0.3 is 6.18 Å². The normalized spacial score (nSPS) is 14.2. The molecular weight excluding hydrogens is 509 g/mol. The number of halogens is 4. The first-order valence-electron chi connectivity index (χ1n) is 11.9. The average Bonchev–Trinajstić information content (AvgIpc) is 2.87. The highest BCUT2D eigenvalue weighted by molar-refractivity contribution is 7.99. The summed E-state index contributed by atoms with van der Waals surface area (Å²) in [6, 6.07) is 15.3. The van der Waals surface area contributed by atoms with Crippen LogP contribution >= 0.6 is 23.4 Å². The summed E-state index contributed by atoms with van der Waals surface area (Å²) in [6.07, 6.45) is -0.742. The molecule has 36 heavy (non-hydrogen) atoms. The molecule has 9 heteroatoms. The van der Waals surface area contributed by atoms with Crippen LogP contribution in [0.5, 0.6) is 5.88 Å². The van der Waals surface area contributed by atoms with Gasteiger partial charge < -0.3 is 10.1 Å². The molecule has 0 atom stereocenters. The maximum Gasteiger partial charge on any atom is 0.391 e. The van der Waals surface area contributed by atoms with Gasteiger partial charge in [-0.25, -0.2) is 4.98 Å². The minimum Gasteiger partial charge on any atom is -0.481 e. The van der Waals surface area contributed by atoms with Gasteiger partial charge in [-0.2, -0.15) is 13.2 Å². The Balaban J connectivity index is 0.000000303. The molecule has 0 spiro atoms. The first-order chi connectivity index (χ1) is 17.2. The summed E-state index contributed by atoms with van der Waals surface area (Å²) in [4.78, 5) is 17.8. The quantitative estimate of drug-likeness (QED) is 0.255. The lowest BCUT2D eigenvalue weighted by molar-refractivity contribution is -0.181. The van der Waals surface area contributed by atoms with Crippen molar-refractivity contribution >= 4 is 40.0 Å². The molecule has 1 aliphatic rings. The molecule has 1 aliphatic carbocycles. The molecule has 0 bridgehead atoms. The lowest BCUT2D eigenvalue weighted by Crippen LogP contribution is -2.24. The molecule has 0 radical (unpaired) electrons. The predicted octanol–water partition coefficient (Wildman–Crippen LogP) is 8.07. The van der Waals surface area contributed by atoms with Crippen molar-refractivity contribution in [1.29, 1.82) is 0 Å². The second kappa shape index (κ2) is 13.2. The number of ether oxygens (including phenoxy) is 1. The second-order valence-electron chi connectivity index (χ2n) is 8.53. The van der Waals surface area contributed by atoms with E-state index in [1.807, 2.05) is 18.2 Å². The fourth-order valence-corrected chi connectivity index (χ4v) is 4.93. The third-order valence-corrected chi connectivity index (χ3v) is 7.06. The molecule has 1 saturated carbocycles. The van der Waals surface area contributed by atoms with E-state index in [1.54, 1.807) is 37.1 Å². The largest absolute Gasteiger partial charge is 0.481 e. The molecule has 1 fully saturated rings. The number of methoxy groups -OCH3 is 1. The van der Waals surface area contributed by atoms with Crippen molar-refractivity contribution in [2.75, 3.05) is 12.9 Å². The molecule has 3 aromatic rings. The SMILES string of the molecule is CCSc1ccc(CNC(=O)c2ccc3c(OC)nc(Cl)cc3c2)cc1.FC(F)(F)C1CCCCC1. The molecule has 4 rings (SSSR count). The number of alkyl halides is 3. The summed E-state index contributed by atoms with van der Waals surface area (Å²) in [5.74, 6) is 0.360. The molecule has 0 aliphatic heterocycles. The molecule has 4 nitrogen and oxygen atoms in total. The first-order valence-corrected chi connectivity index (χ1v) is 13.3. The van der Waals surface area contributed by atoms with Gasteiger partial charge in [-0.3, -0.25) is 4.79 Å². The molecule has 1 aromatic heterocycles. The standard InChI is InChI=1S/C20H19ClN2O2S.C7H11F3/c1-3-26-16-7-4-13(5-8-16)12-22-19(24)14-6-9-17-15(10-14)11-18(21)23-20(17)25-2;8-7(9,10)6-4-2-1-3-5-6/h4-11H,3,12H2,1-2H3,(H,22,24);6H,1-5H2. The Morgan fingerprint density at radius 1 is 1.11 bits per heavy atom. The van der Waals surface area contributed by atoms with Crippen LogP contribution in [0.15, 0.2) is 53.4 Å². The smallest absolute Gasteiger partial charge is 0.391 e. The number of thioether (sulfide) groups is 1. The van der Waals surface area contributed by atoms with Gasteiger partial charge in [-0.1, -0.05) is 49.9 Å². The van der Waals surface area contributed by atoms with Crippen molar-refractivity contribution in [3.8, 4) is 5.88 Å². The van der Waals surface area contributed by atoms with Gasteiger partial charge in [-0.15, -0.1) is 11.8 Å². The number of carbonyl (C=O) groups is 1. The van der Waals surface area contributed by atoms with Gasteiger partial charge in [-0.05, 0) is 65.9 Å². The fraction of sp³-hybridized carbons (Fsp3) is 0.407. The number of nitrogens with zero attached hydrogens (tertiary/aromatic N) is 1. The van der Waals surface area contributed by atoms with E-state index in [0.717, 1.165) is 41.4 Å². The van der Waals surface area contributed by atoms with Crippen LogP contribution in [-0.2, 0) is 6.54 Å². The van der Waals surface area contributed by atoms with E-state index < -0.39 is 12.1 Å². The highest BCUT2D eigenvalue weighted by Crippen LogP contribution is 2.37. The van der Waals surface area contributed by atoms with Crippen LogP contribution in [0, 0.1) is 5.92 Å². The van der Waals surface area contributed by atoms with Crippen LogP contribution in [-0.4, -0.2) is 29.9 Å². The van der Waals surface area contributed by atoms with E-state index in [9.17, 15) is 18.0 Å². The molecule has 194 valence electrons. The molecule has 2 aromatic carbocycles. The van der Waals surface area contributed by atoms with Crippen molar-refractivity contribution in [2.24, 2.45) is 5.92 Å². The van der Waals surface area contributed by atoms with Crippen LogP contribution in [0.1, 0.15) is 54.9 Å². The lowest BCUT2D eigenvalue weighted by Gasteiger charge is -2.23. The summed E-state index contributed by atoms with van der Waals surface area (Å²) >= 11 is 7.81. The van der Waals surface area contributed by atoms with Crippen LogP contribution in [0.2, 0.25) is 5.15 Å². The Labute approximate surface area is 219 Å². The number of hydrogen-bond acceptors (Lipinski definition) is 4. The van der Waals surface area contributed by atoms with Crippen LogP contribution in [0.4, 0.5) is 13.2 Å². The van der Waals surface area contributed by atoms with Gasteiger partial charge in [0, 0.05) is 22.4 Å². The van der Waals surface area contributed by atoms with Gasteiger partial charge in [0.2, 0.25) is 5.88 Å². The number of benzene rings is 2. The van der Waals surface area contributed by atoms with Crippen LogP contribution in [0.25, 0.3) is 10.8 Å². The number of rotatable bonds is 6. The van der Waals surface area contributed by atoms with E-state index >= 15 is 0 Å². The first kappa shape index (κ1) is 28.1.